The van der Waals surface area contributed by atoms with Crippen molar-refractivity contribution >= 4 is 6.03 Å². The SMILES string of the molecule is Cc1noc(C)c1CC(C)NC(=O)NCC(C)(C)C(O)C(C)C. The number of urea groups is 1. The lowest BCUT2D eigenvalue weighted by atomic mass is 9.81. The average Bonchev–Trinajstić information content (AvgIpc) is 2.76. The Bertz CT molecular complexity index is 504. The number of aliphatic hydroxyl groups is 1. The van der Waals surface area contributed by atoms with Crippen molar-refractivity contribution in [2.45, 2.75) is 67.0 Å². The fourth-order valence-corrected chi connectivity index (χ4v) is 2.74. The summed E-state index contributed by atoms with van der Waals surface area (Å²) in [6.07, 6.45) is 0.203. The quantitative estimate of drug-likeness (QED) is 0.719. The van der Waals surface area contributed by atoms with Crippen LogP contribution in [0.1, 0.15) is 51.6 Å². The molecule has 0 aliphatic heterocycles. The van der Waals surface area contributed by atoms with E-state index in [1.807, 2.05) is 48.5 Å². The minimum absolute atomic E-state index is 0.0371. The Morgan fingerprint density at radius 1 is 1.30 bits per heavy atom. The molecule has 0 aliphatic carbocycles. The van der Waals surface area contributed by atoms with Crippen LogP contribution in [0.25, 0.3) is 0 Å². The van der Waals surface area contributed by atoms with Crippen molar-refractivity contribution in [1.29, 1.82) is 0 Å². The summed E-state index contributed by atoms with van der Waals surface area (Å²) in [6, 6.07) is -0.266. The Kier molecular flexibility index (Phi) is 6.62. The van der Waals surface area contributed by atoms with Crippen LogP contribution in [0.4, 0.5) is 4.79 Å². The van der Waals surface area contributed by atoms with Gasteiger partial charge in [0.2, 0.25) is 0 Å². The molecule has 3 N–H and O–H groups in total. The first kappa shape index (κ1) is 19.5. The second-order valence-corrected chi connectivity index (χ2v) is 7.41. The Morgan fingerprint density at radius 2 is 1.91 bits per heavy atom. The van der Waals surface area contributed by atoms with E-state index in [9.17, 15) is 9.90 Å². The van der Waals surface area contributed by atoms with Crippen LogP contribution in [0, 0.1) is 25.2 Å². The molecule has 6 heteroatoms. The summed E-state index contributed by atoms with van der Waals surface area (Å²) in [6.45, 7) is 14.0. The van der Waals surface area contributed by atoms with Crippen molar-refractivity contribution in [3.8, 4) is 0 Å². The van der Waals surface area contributed by atoms with Gasteiger partial charge in [0.05, 0.1) is 11.8 Å². The van der Waals surface area contributed by atoms with Gasteiger partial charge in [0.15, 0.2) is 0 Å². The van der Waals surface area contributed by atoms with E-state index in [0.717, 1.165) is 17.0 Å². The fourth-order valence-electron chi connectivity index (χ4n) is 2.74. The van der Waals surface area contributed by atoms with Gasteiger partial charge in [-0.15, -0.1) is 0 Å². The van der Waals surface area contributed by atoms with Crippen molar-refractivity contribution in [3.63, 3.8) is 0 Å². The molecule has 0 fully saturated rings. The van der Waals surface area contributed by atoms with Gasteiger partial charge >= 0.3 is 6.03 Å². The number of aliphatic hydroxyl groups excluding tert-OH is 1. The van der Waals surface area contributed by atoms with E-state index >= 15 is 0 Å². The average molecular weight is 325 g/mol. The lowest BCUT2D eigenvalue weighted by Gasteiger charge is -2.33. The van der Waals surface area contributed by atoms with E-state index in [4.69, 9.17) is 4.52 Å². The predicted octanol–water partition coefficient (Wildman–Crippen LogP) is 2.56. The van der Waals surface area contributed by atoms with Crippen molar-refractivity contribution in [1.82, 2.24) is 15.8 Å². The lowest BCUT2D eigenvalue weighted by molar-refractivity contribution is 0.0151. The maximum absolute atomic E-state index is 12.0. The van der Waals surface area contributed by atoms with Crippen LogP contribution in [0.2, 0.25) is 0 Å². The summed E-state index contributed by atoms with van der Waals surface area (Å²) in [5.41, 5.74) is 1.52. The number of rotatable bonds is 7. The number of nitrogens with zero attached hydrogens (tertiary/aromatic N) is 1. The number of amides is 2. The molecule has 0 radical (unpaired) electrons. The van der Waals surface area contributed by atoms with Gasteiger partial charge in [-0.25, -0.2) is 4.79 Å². The van der Waals surface area contributed by atoms with E-state index in [2.05, 4.69) is 15.8 Å². The topological polar surface area (TPSA) is 87.4 Å². The van der Waals surface area contributed by atoms with Gasteiger partial charge in [0, 0.05) is 23.6 Å². The predicted molar refractivity (Wildman–Crippen MR) is 90.3 cm³/mol. The van der Waals surface area contributed by atoms with Crippen LogP contribution in [-0.4, -0.2) is 35.0 Å². The molecule has 0 spiro atoms. The Labute approximate surface area is 139 Å². The van der Waals surface area contributed by atoms with Gasteiger partial charge in [0.25, 0.3) is 0 Å². The van der Waals surface area contributed by atoms with Gasteiger partial charge in [-0.2, -0.15) is 0 Å². The molecule has 2 unspecified atom stereocenters. The summed E-state index contributed by atoms with van der Waals surface area (Å²) in [4.78, 5) is 12.0. The zero-order valence-corrected chi connectivity index (χ0v) is 15.4. The third-order valence-electron chi connectivity index (χ3n) is 4.21. The lowest BCUT2D eigenvalue weighted by Crippen LogP contribution is -2.48. The summed E-state index contributed by atoms with van der Waals surface area (Å²) >= 11 is 0. The second kappa shape index (κ2) is 7.81. The number of hydrogen-bond acceptors (Lipinski definition) is 4. The smallest absolute Gasteiger partial charge is 0.315 e. The molecule has 23 heavy (non-hydrogen) atoms. The Hall–Kier alpha value is -1.56. The number of aromatic nitrogens is 1. The standard InChI is InChI=1S/C17H31N3O3/c1-10(2)15(21)17(6,7)9-18-16(22)19-11(3)8-14-12(4)20-23-13(14)5/h10-11,15,21H,8-9H2,1-7H3,(H2,18,19,22). The summed E-state index contributed by atoms with van der Waals surface area (Å²) in [5.74, 6) is 0.936. The molecule has 0 bridgehead atoms. The molecule has 6 nitrogen and oxygen atoms in total. The third-order valence-corrected chi connectivity index (χ3v) is 4.21. The maximum Gasteiger partial charge on any atom is 0.315 e. The molecule has 0 aliphatic rings. The van der Waals surface area contributed by atoms with Gasteiger partial charge in [-0.3, -0.25) is 0 Å². The molecule has 0 saturated heterocycles. The maximum atomic E-state index is 12.0. The highest BCUT2D eigenvalue weighted by Gasteiger charge is 2.30. The second-order valence-electron chi connectivity index (χ2n) is 7.41. The van der Waals surface area contributed by atoms with E-state index in [-0.39, 0.29) is 23.4 Å². The van der Waals surface area contributed by atoms with E-state index in [1.54, 1.807) is 0 Å². The molecule has 1 rings (SSSR count). The van der Waals surface area contributed by atoms with Gasteiger partial charge in [-0.1, -0.05) is 32.9 Å². The van der Waals surface area contributed by atoms with Crippen LogP contribution in [0.3, 0.4) is 0 Å². The third kappa shape index (κ3) is 5.53. The van der Waals surface area contributed by atoms with Crippen LogP contribution in [0.15, 0.2) is 4.52 Å². The zero-order chi connectivity index (χ0) is 17.8. The largest absolute Gasteiger partial charge is 0.392 e. The Morgan fingerprint density at radius 3 is 2.39 bits per heavy atom. The van der Waals surface area contributed by atoms with Crippen LogP contribution in [0.5, 0.6) is 0 Å². The van der Waals surface area contributed by atoms with E-state index in [0.29, 0.717) is 13.0 Å². The van der Waals surface area contributed by atoms with Crippen molar-refractivity contribution in [3.05, 3.63) is 17.0 Å². The van der Waals surface area contributed by atoms with Crippen molar-refractivity contribution in [2.24, 2.45) is 11.3 Å². The first-order valence-electron chi connectivity index (χ1n) is 8.18. The molecule has 2 atom stereocenters. The summed E-state index contributed by atoms with van der Waals surface area (Å²) < 4.78 is 5.14. The van der Waals surface area contributed by atoms with Crippen LogP contribution >= 0.6 is 0 Å². The van der Waals surface area contributed by atoms with Crippen LogP contribution < -0.4 is 10.6 Å². The number of carbonyl (C=O) groups excluding carboxylic acids is 1. The fraction of sp³-hybridized carbons (Fsp3) is 0.765. The molecule has 0 aromatic carbocycles. The molecule has 2 amide bonds. The highest BCUT2D eigenvalue weighted by Crippen LogP contribution is 2.25. The molecular weight excluding hydrogens is 294 g/mol. The van der Waals surface area contributed by atoms with E-state index in [1.165, 1.54) is 0 Å². The highest BCUT2D eigenvalue weighted by molar-refractivity contribution is 5.74. The van der Waals surface area contributed by atoms with Gasteiger partial charge in [-0.05, 0) is 33.1 Å². The molecular formula is C17H31N3O3. The first-order chi connectivity index (χ1) is 10.5. The summed E-state index contributed by atoms with van der Waals surface area (Å²) in [7, 11) is 0. The van der Waals surface area contributed by atoms with E-state index < -0.39 is 6.10 Å². The normalized spacial score (nSPS) is 14.7. The van der Waals surface area contributed by atoms with Crippen molar-refractivity contribution in [2.75, 3.05) is 6.54 Å². The summed E-state index contributed by atoms with van der Waals surface area (Å²) in [5, 5.41) is 19.9. The van der Waals surface area contributed by atoms with Crippen LogP contribution in [-0.2, 0) is 6.42 Å². The highest BCUT2D eigenvalue weighted by atomic mass is 16.5. The van der Waals surface area contributed by atoms with Gasteiger partial charge in [0.1, 0.15) is 5.76 Å². The van der Waals surface area contributed by atoms with Gasteiger partial charge < -0.3 is 20.3 Å². The zero-order valence-electron chi connectivity index (χ0n) is 15.4. The monoisotopic (exact) mass is 325 g/mol. The number of hydrogen-bond donors (Lipinski definition) is 3. The minimum atomic E-state index is -0.470. The molecule has 1 aromatic rings. The number of nitrogens with one attached hydrogen (secondary N) is 2. The molecule has 1 heterocycles. The molecule has 0 saturated carbocycles. The molecule has 132 valence electrons. The molecule has 1 aromatic heterocycles. The number of carbonyl (C=O) groups is 1. The Balaban J connectivity index is 2.47. The van der Waals surface area contributed by atoms with Crippen molar-refractivity contribution < 1.29 is 14.4 Å². The number of aryl methyl sites for hydroxylation is 2. The minimum Gasteiger partial charge on any atom is -0.392 e. The first-order valence-corrected chi connectivity index (χ1v) is 8.18.